The van der Waals surface area contributed by atoms with Crippen molar-refractivity contribution >= 4 is 35.2 Å². The predicted octanol–water partition coefficient (Wildman–Crippen LogP) is 3.52. The number of rotatable bonds is 1. The maximum Gasteiger partial charge on any atom is 0.240 e. The molecule has 0 radical (unpaired) electrons. The van der Waals surface area contributed by atoms with Gasteiger partial charge in [0.2, 0.25) is 11.8 Å². The number of anilines is 1. The van der Waals surface area contributed by atoms with Crippen LogP contribution in [0.5, 0.6) is 0 Å². The van der Waals surface area contributed by atoms with Gasteiger partial charge in [0.25, 0.3) is 0 Å². The van der Waals surface area contributed by atoms with E-state index in [1.165, 1.54) is 12.1 Å². The average Bonchev–Trinajstić information content (AvgIpc) is 3.17. The Morgan fingerprint density at radius 3 is 2.57 bits per heavy atom. The second-order valence-corrected chi connectivity index (χ2v) is 7.48. The summed E-state index contributed by atoms with van der Waals surface area (Å²) in [7, 11) is 0. The smallest absolute Gasteiger partial charge is 0.240 e. The molecule has 2 aromatic rings. The Bertz CT molecular complexity index is 1110. The molecule has 0 bridgehead atoms. The molecule has 5 nitrogen and oxygen atoms in total. The molecule has 2 fully saturated rings. The van der Waals surface area contributed by atoms with Crippen molar-refractivity contribution in [3.8, 4) is 6.07 Å². The Kier molecular flexibility index (Phi) is 3.58. The van der Waals surface area contributed by atoms with Gasteiger partial charge in [-0.2, -0.15) is 5.26 Å². The van der Waals surface area contributed by atoms with Gasteiger partial charge in [-0.05, 0) is 35.4 Å². The first-order chi connectivity index (χ1) is 13.5. The molecule has 0 aromatic heterocycles. The third-order valence-electron chi connectivity index (χ3n) is 5.76. The van der Waals surface area contributed by atoms with Gasteiger partial charge in [-0.3, -0.25) is 9.59 Å². The lowest BCUT2D eigenvalue weighted by atomic mass is 9.85. The highest BCUT2D eigenvalue weighted by Gasteiger charge is 2.63. The third-order valence-corrected chi connectivity index (χ3v) is 6.04. The van der Waals surface area contributed by atoms with Crippen LogP contribution in [0, 0.1) is 29.0 Å². The molecular weight excluding hydrogens is 381 g/mol. The molecule has 0 saturated carbocycles. The molecule has 3 aliphatic heterocycles. The maximum atomic E-state index is 13.5. The molecule has 138 valence electrons. The first kappa shape index (κ1) is 17.0. The van der Waals surface area contributed by atoms with Gasteiger partial charge in [-0.25, -0.2) is 9.29 Å². The summed E-state index contributed by atoms with van der Waals surface area (Å²) in [4.78, 5) is 29.4. The summed E-state index contributed by atoms with van der Waals surface area (Å²) in [5.74, 6) is -2.95. The van der Waals surface area contributed by atoms with Gasteiger partial charge in [-0.15, -0.1) is 0 Å². The number of benzene rings is 2. The van der Waals surface area contributed by atoms with E-state index in [0.717, 1.165) is 22.1 Å². The Hall–Kier alpha value is -3.17. The zero-order valence-corrected chi connectivity index (χ0v) is 15.2. The standard InChI is InChI=1S/C21H13ClFN3O2/c22-14-9-12(5-6-15(14)23)26-20(27)17-16(10-24)25-8-7-11-3-1-2-4-13(11)19(25)18(17)21(26)28/h1-9,16-19H/t16-,17+,18-,19+/m0/s1. The van der Waals surface area contributed by atoms with Crippen molar-refractivity contribution in [3.63, 3.8) is 0 Å². The molecule has 0 aliphatic carbocycles. The second kappa shape index (κ2) is 5.91. The molecule has 2 aromatic carbocycles. The molecule has 3 heterocycles. The highest BCUT2D eigenvalue weighted by molar-refractivity contribution is 6.31. The van der Waals surface area contributed by atoms with Gasteiger partial charge in [0.1, 0.15) is 11.9 Å². The fourth-order valence-electron chi connectivity index (χ4n) is 4.58. The first-order valence-electron chi connectivity index (χ1n) is 8.80. The van der Waals surface area contributed by atoms with Gasteiger partial charge in [0.15, 0.2) is 0 Å². The summed E-state index contributed by atoms with van der Waals surface area (Å²) in [5.41, 5.74) is 2.10. The second-order valence-electron chi connectivity index (χ2n) is 7.07. The minimum atomic E-state index is -0.790. The maximum absolute atomic E-state index is 13.5. The molecule has 4 atom stereocenters. The van der Waals surface area contributed by atoms with E-state index in [-0.39, 0.29) is 10.7 Å². The Morgan fingerprint density at radius 1 is 1.07 bits per heavy atom. The Labute approximate surface area is 165 Å². The van der Waals surface area contributed by atoms with Gasteiger partial charge in [-0.1, -0.05) is 35.9 Å². The number of halogens is 2. The van der Waals surface area contributed by atoms with Crippen LogP contribution in [0.2, 0.25) is 5.02 Å². The van der Waals surface area contributed by atoms with Crippen molar-refractivity contribution in [2.24, 2.45) is 11.8 Å². The van der Waals surface area contributed by atoms with Gasteiger partial charge in [0.05, 0.1) is 34.7 Å². The normalized spacial score (nSPS) is 27.5. The molecule has 0 N–H and O–H groups in total. The summed E-state index contributed by atoms with van der Waals surface area (Å²) >= 11 is 5.85. The highest BCUT2D eigenvalue weighted by Crippen LogP contribution is 2.52. The van der Waals surface area contributed by atoms with Crippen LogP contribution in [-0.4, -0.2) is 22.8 Å². The fraction of sp³-hybridized carbons (Fsp3) is 0.190. The first-order valence-corrected chi connectivity index (χ1v) is 9.18. The lowest BCUT2D eigenvalue weighted by Gasteiger charge is -2.33. The summed E-state index contributed by atoms with van der Waals surface area (Å²) in [6, 6.07) is 12.4. The van der Waals surface area contributed by atoms with E-state index in [9.17, 15) is 19.2 Å². The van der Waals surface area contributed by atoms with Crippen LogP contribution in [-0.2, 0) is 9.59 Å². The SMILES string of the molecule is N#C[C@H]1[C@H]2C(=O)N(c3ccc(F)c(Cl)c3)C(=O)[C@@H]2[C@H]2c3ccccc3C=CN21. The molecule has 0 spiro atoms. The number of hydrogen-bond acceptors (Lipinski definition) is 4. The molecule has 0 unspecified atom stereocenters. The Morgan fingerprint density at radius 2 is 1.82 bits per heavy atom. The number of nitriles is 1. The van der Waals surface area contributed by atoms with Crippen molar-refractivity contribution in [1.82, 2.24) is 4.90 Å². The van der Waals surface area contributed by atoms with E-state index < -0.39 is 41.6 Å². The number of carbonyl (C=O) groups is 2. The van der Waals surface area contributed by atoms with Crippen LogP contribution in [0.15, 0.2) is 48.7 Å². The summed E-state index contributed by atoms with van der Waals surface area (Å²) in [6.07, 6.45) is 3.68. The molecular formula is C21H13ClFN3O2. The summed E-state index contributed by atoms with van der Waals surface area (Å²) < 4.78 is 13.5. The fourth-order valence-corrected chi connectivity index (χ4v) is 4.76. The summed E-state index contributed by atoms with van der Waals surface area (Å²) in [5, 5.41) is 9.60. The van der Waals surface area contributed by atoms with E-state index in [1.807, 2.05) is 35.2 Å². The molecule has 2 amide bonds. The predicted molar refractivity (Wildman–Crippen MR) is 100 cm³/mol. The zero-order chi connectivity index (χ0) is 19.6. The van der Waals surface area contributed by atoms with Crippen LogP contribution >= 0.6 is 11.6 Å². The number of imide groups is 1. The van der Waals surface area contributed by atoms with Crippen molar-refractivity contribution in [2.45, 2.75) is 12.1 Å². The lowest BCUT2D eigenvalue weighted by molar-refractivity contribution is -0.123. The zero-order valence-electron chi connectivity index (χ0n) is 14.4. The summed E-state index contributed by atoms with van der Waals surface area (Å²) in [6.45, 7) is 0. The van der Waals surface area contributed by atoms with Gasteiger partial charge in [0, 0.05) is 6.20 Å². The molecule has 7 heteroatoms. The van der Waals surface area contributed by atoms with E-state index in [4.69, 9.17) is 11.6 Å². The number of fused-ring (bicyclic) bond motifs is 5. The van der Waals surface area contributed by atoms with E-state index in [1.54, 1.807) is 6.20 Å². The van der Waals surface area contributed by atoms with E-state index in [0.29, 0.717) is 0 Å². The number of hydrogen-bond donors (Lipinski definition) is 0. The van der Waals surface area contributed by atoms with Crippen LogP contribution < -0.4 is 4.90 Å². The lowest BCUT2D eigenvalue weighted by Crippen LogP contribution is -2.40. The molecule has 3 aliphatic rings. The molecule has 2 saturated heterocycles. The minimum Gasteiger partial charge on any atom is -0.353 e. The number of amides is 2. The van der Waals surface area contributed by atoms with Crippen LogP contribution in [0.4, 0.5) is 10.1 Å². The van der Waals surface area contributed by atoms with Crippen molar-refractivity contribution in [1.29, 1.82) is 5.26 Å². The highest BCUT2D eigenvalue weighted by atomic mass is 35.5. The van der Waals surface area contributed by atoms with Gasteiger partial charge >= 0.3 is 0 Å². The average molecular weight is 394 g/mol. The van der Waals surface area contributed by atoms with Crippen molar-refractivity contribution in [2.75, 3.05) is 4.90 Å². The number of nitrogens with zero attached hydrogens (tertiary/aromatic N) is 3. The van der Waals surface area contributed by atoms with Crippen molar-refractivity contribution in [3.05, 3.63) is 70.6 Å². The minimum absolute atomic E-state index is 0.167. The largest absolute Gasteiger partial charge is 0.353 e. The topological polar surface area (TPSA) is 64.4 Å². The molecule has 28 heavy (non-hydrogen) atoms. The van der Waals surface area contributed by atoms with E-state index in [2.05, 4.69) is 6.07 Å². The monoisotopic (exact) mass is 393 g/mol. The van der Waals surface area contributed by atoms with E-state index >= 15 is 0 Å². The van der Waals surface area contributed by atoms with Crippen LogP contribution in [0.3, 0.4) is 0 Å². The van der Waals surface area contributed by atoms with Gasteiger partial charge < -0.3 is 4.90 Å². The van der Waals surface area contributed by atoms with Crippen LogP contribution in [0.25, 0.3) is 6.08 Å². The quantitative estimate of drug-likeness (QED) is 0.695. The Balaban J connectivity index is 1.63. The third kappa shape index (κ3) is 2.11. The number of carbonyl (C=O) groups excluding carboxylic acids is 2. The molecule has 5 rings (SSSR count). The van der Waals surface area contributed by atoms with Crippen molar-refractivity contribution < 1.29 is 14.0 Å². The van der Waals surface area contributed by atoms with Crippen LogP contribution in [0.1, 0.15) is 17.2 Å².